The highest BCUT2D eigenvalue weighted by Gasteiger charge is 2.37. The summed E-state index contributed by atoms with van der Waals surface area (Å²) in [6.07, 6.45) is 5.46. The summed E-state index contributed by atoms with van der Waals surface area (Å²) in [5, 5.41) is 2.58. The minimum absolute atomic E-state index is 0.164. The van der Waals surface area contributed by atoms with Crippen molar-refractivity contribution >= 4 is 27.3 Å². The highest BCUT2D eigenvalue weighted by Crippen LogP contribution is 2.36. The van der Waals surface area contributed by atoms with Gasteiger partial charge in [0, 0.05) is 19.0 Å². The molecule has 0 bridgehead atoms. The molecule has 2 fully saturated rings. The molecule has 4 rings (SSSR count). The highest BCUT2D eigenvalue weighted by atomic mass is 32.2. The molecule has 2 aliphatic rings. The predicted molar refractivity (Wildman–Crippen MR) is 109 cm³/mol. The summed E-state index contributed by atoms with van der Waals surface area (Å²) in [5.41, 5.74) is 0.757. The molecule has 1 unspecified atom stereocenters. The fourth-order valence-corrected chi connectivity index (χ4v) is 5.59. The van der Waals surface area contributed by atoms with Crippen molar-refractivity contribution in [1.29, 1.82) is 0 Å². The van der Waals surface area contributed by atoms with E-state index in [1.165, 1.54) is 0 Å². The van der Waals surface area contributed by atoms with Gasteiger partial charge in [-0.3, -0.25) is 9.59 Å². The van der Waals surface area contributed by atoms with Crippen LogP contribution < -0.4 is 5.32 Å². The van der Waals surface area contributed by atoms with Crippen LogP contribution in [0.3, 0.4) is 0 Å². The maximum atomic E-state index is 13.0. The number of anilines is 1. The molecule has 0 saturated heterocycles. The van der Waals surface area contributed by atoms with Crippen molar-refractivity contribution in [2.75, 3.05) is 5.32 Å². The predicted octanol–water partition coefficient (Wildman–Crippen LogP) is 3.50. The van der Waals surface area contributed by atoms with Crippen LogP contribution in [0.25, 0.3) is 0 Å². The first-order valence-corrected chi connectivity index (χ1v) is 11.6. The molecule has 0 aliphatic heterocycles. The third-order valence-electron chi connectivity index (χ3n) is 5.72. The second kappa shape index (κ2) is 8.06. The van der Waals surface area contributed by atoms with E-state index in [4.69, 9.17) is 0 Å². The number of hydrogen-bond donors (Lipinski definition) is 1. The van der Waals surface area contributed by atoms with Crippen molar-refractivity contribution in [2.24, 2.45) is 5.92 Å². The van der Waals surface area contributed by atoms with Crippen LogP contribution >= 0.6 is 0 Å². The maximum absolute atomic E-state index is 13.0. The molecule has 1 N–H and O–H groups in total. The summed E-state index contributed by atoms with van der Waals surface area (Å²) in [5.74, 6) is 0.214. The molecular formula is C22H24N2O4S. The lowest BCUT2D eigenvalue weighted by Gasteiger charge is -2.20. The van der Waals surface area contributed by atoms with Crippen molar-refractivity contribution < 1.29 is 18.0 Å². The molecule has 0 radical (unpaired) electrons. The van der Waals surface area contributed by atoms with Crippen LogP contribution in [0.5, 0.6) is 0 Å². The molecule has 152 valence electrons. The number of rotatable bonds is 7. The molecule has 2 aliphatic carbocycles. The third-order valence-corrected chi connectivity index (χ3v) is 8.00. The van der Waals surface area contributed by atoms with E-state index in [0.717, 1.165) is 24.8 Å². The lowest BCUT2D eigenvalue weighted by molar-refractivity contribution is -0.119. The molecule has 2 saturated carbocycles. The zero-order valence-corrected chi connectivity index (χ0v) is 16.9. The van der Waals surface area contributed by atoms with E-state index in [1.807, 2.05) is 0 Å². The molecule has 6 nitrogen and oxygen atoms in total. The SMILES string of the molecule is O=C1CCC(C[C@@H](C(=O)Nc2ccccn2)c2ccc(S(=O)(=O)C3CC3)cc2)C1. The summed E-state index contributed by atoms with van der Waals surface area (Å²) in [6.45, 7) is 0. The Labute approximate surface area is 170 Å². The maximum Gasteiger partial charge on any atom is 0.233 e. The zero-order valence-electron chi connectivity index (χ0n) is 16.1. The summed E-state index contributed by atoms with van der Waals surface area (Å²) >= 11 is 0. The van der Waals surface area contributed by atoms with Crippen LogP contribution in [0.4, 0.5) is 5.82 Å². The Morgan fingerprint density at radius 1 is 1.10 bits per heavy atom. The lowest BCUT2D eigenvalue weighted by Crippen LogP contribution is -2.23. The van der Waals surface area contributed by atoms with Crippen molar-refractivity contribution in [3.8, 4) is 0 Å². The molecule has 29 heavy (non-hydrogen) atoms. The minimum atomic E-state index is -3.26. The van der Waals surface area contributed by atoms with E-state index in [-0.39, 0.29) is 22.9 Å². The number of hydrogen-bond acceptors (Lipinski definition) is 5. The van der Waals surface area contributed by atoms with Crippen molar-refractivity contribution in [3.63, 3.8) is 0 Å². The molecule has 1 aromatic heterocycles. The Hall–Kier alpha value is -2.54. The van der Waals surface area contributed by atoms with Gasteiger partial charge in [-0.2, -0.15) is 0 Å². The molecule has 7 heteroatoms. The summed E-state index contributed by atoms with van der Waals surface area (Å²) in [6, 6.07) is 12.0. The Balaban J connectivity index is 1.57. The molecule has 2 atom stereocenters. The van der Waals surface area contributed by atoms with Crippen LogP contribution in [0.15, 0.2) is 53.6 Å². The van der Waals surface area contributed by atoms with E-state index in [0.29, 0.717) is 30.0 Å². The monoisotopic (exact) mass is 412 g/mol. The first-order chi connectivity index (χ1) is 13.9. The number of amides is 1. The minimum Gasteiger partial charge on any atom is -0.310 e. The Bertz CT molecular complexity index is 999. The first kappa shape index (κ1) is 19.8. The second-order valence-corrected chi connectivity index (χ2v) is 10.2. The largest absolute Gasteiger partial charge is 0.310 e. The second-order valence-electron chi connectivity index (χ2n) is 7.95. The van der Waals surface area contributed by atoms with Gasteiger partial charge < -0.3 is 5.32 Å². The van der Waals surface area contributed by atoms with Gasteiger partial charge in [0.2, 0.25) is 5.91 Å². The van der Waals surface area contributed by atoms with Gasteiger partial charge in [0.15, 0.2) is 9.84 Å². The number of benzene rings is 1. The fourth-order valence-electron chi connectivity index (χ4n) is 3.93. The molecule has 1 aromatic carbocycles. The van der Waals surface area contributed by atoms with Crippen LogP contribution in [0.2, 0.25) is 0 Å². The summed E-state index contributed by atoms with van der Waals surface area (Å²) < 4.78 is 24.9. The number of nitrogens with one attached hydrogen (secondary N) is 1. The van der Waals surface area contributed by atoms with Crippen molar-refractivity contribution in [2.45, 2.75) is 54.6 Å². The van der Waals surface area contributed by atoms with Gasteiger partial charge in [-0.25, -0.2) is 13.4 Å². The summed E-state index contributed by atoms with van der Waals surface area (Å²) in [4.78, 5) is 29.2. The number of ketones is 1. The normalized spacial score (nSPS) is 20.4. The Kier molecular flexibility index (Phi) is 5.50. The van der Waals surface area contributed by atoms with E-state index >= 15 is 0 Å². The van der Waals surface area contributed by atoms with Crippen LogP contribution in [-0.4, -0.2) is 30.3 Å². The molecule has 0 spiro atoms. The standard InChI is InChI=1S/C22H24N2O4S/c25-17-7-4-15(13-17)14-20(22(26)24-21-3-1-2-12-23-21)16-5-8-18(9-6-16)29(27,28)19-10-11-19/h1-3,5-6,8-9,12,15,19-20H,4,7,10-11,13-14H2,(H,23,24,26)/t15?,20-/m1/s1. The van der Waals surface area contributed by atoms with E-state index in [1.54, 1.807) is 48.7 Å². The Morgan fingerprint density at radius 2 is 1.86 bits per heavy atom. The number of pyridine rings is 1. The topological polar surface area (TPSA) is 93.2 Å². The molecular weight excluding hydrogens is 388 g/mol. The molecule has 1 amide bonds. The third kappa shape index (κ3) is 4.56. The first-order valence-electron chi connectivity index (χ1n) is 10.0. The average Bonchev–Trinajstić information content (AvgIpc) is 3.50. The van der Waals surface area contributed by atoms with E-state index in [2.05, 4.69) is 10.3 Å². The molecule has 1 heterocycles. The average molecular weight is 413 g/mol. The smallest absolute Gasteiger partial charge is 0.233 e. The number of nitrogens with zero attached hydrogens (tertiary/aromatic N) is 1. The molecule has 2 aromatic rings. The van der Waals surface area contributed by atoms with E-state index in [9.17, 15) is 18.0 Å². The van der Waals surface area contributed by atoms with Gasteiger partial charge in [-0.1, -0.05) is 18.2 Å². The number of carbonyl (C=O) groups is 2. The quantitative estimate of drug-likeness (QED) is 0.751. The van der Waals surface area contributed by atoms with Gasteiger partial charge in [0.1, 0.15) is 11.6 Å². The van der Waals surface area contributed by atoms with Gasteiger partial charge >= 0.3 is 0 Å². The van der Waals surface area contributed by atoms with Crippen LogP contribution in [-0.2, 0) is 19.4 Å². The van der Waals surface area contributed by atoms with Crippen molar-refractivity contribution in [3.05, 3.63) is 54.2 Å². The van der Waals surface area contributed by atoms with E-state index < -0.39 is 15.8 Å². The van der Waals surface area contributed by atoms with Gasteiger partial charge in [-0.15, -0.1) is 0 Å². The van der Waals surface area contributed by atoms with Gasteiger partial charge in [-0.05, 0) is 61.4 Å². The van der Waals surface area contributed by atoms with Gasteiger partial charge in [0.25, 0.3) is 0 Å². The van der Waals surface area contributed by atoms with Crippen LogP contribution in [0, 0.1) is 5.92 Å². The fraction of sp³-hybridized carbons (Fsp3) is 0.409. The highest BCUT2D eigenvalue weighted by molar-refractivity contribution is 7.92. The van der Waals surface area contributed by atoms with Gasteiger partial charge in [0.05, 0.1) is 16.1 Å². The summed E-state index contributed by atoms with van der Waals surface area (Å²) in [7, 11) is -3.26. The zero-order chi connectivity index (χ0) is 20.4. The number of aromatic nitrogens is 1. The lowest BCUT2D eigenvalue weighted by atomic mass is 9.87. The number of sulfone groups is 1. The van der Waals surface area contributed by atoms with Crippen LogP contribution in [0.1, 0.15) is 50.0 Å². The number of Topliss-reactive ketones (excluding diaryl/α,β-unsaturated/α-hetero) is 1. The number of carbonyl (C=O) groups excluding carboxylic acids is 2. The Morgan fingerprint density at radius 3 is 2.45 bits per heavy atom. The van der Waals surface area contributed by atoms with Crippen molar-refractivity contribution in [1.82, 2.24) is 4.98 Å².